The van der Waals surface area contributed by atoms with E-state index in [-0.39, 0.29) is 0 Å². The third-order valence-corrected chi connectivity index (χ3v) is 5.90. The Morgan fingerprint density at radius 3 is 1.89 bits per heavy atom. The Bertz CT molecular complexity index is 989. The first-order chi connectivity index (χ1) is 17.5. The van der Waals surface area contributed by atoms with Gasteiger partial charge in [0.1, 0.15) is 0 Å². The van der Waals surface area contributed by atoms with E-state index in [1.165, 1.54) is 0 Å². The van der Waals surface area contributed by atoms with Gasteiger partial charge in [0.2, 0.25) is 0 Å². The number of anilines is 2. The molecule has 36 heavy (non-hydrogen) atoms. The van der Waals surface area contributed by atoms with Crippen LogP contribution in [-0.4, -0.2) is 23.9 Å². The molecule has 0 bridgehead atoms. The van der Waals surface area contributed by atoms with E-state index in [9.17, 15) is 9.59 Å². The van der Waals surface area contributed by atoms with Crippen molar-refractivity contribution < 1.29 is 19.1 Å². The Morgan fingerprint density at radius 2 is 1.39 bits per heavy atom. The molecule has 0 aliphatic heterocycles. The van der Waals surface area contributed by atoms with E-state index < -0.39 is 23.9 Å². The van der Waals surface area contributed by atoms with E-state index in [1.807, 2.05) is 62.4 Å². The summed E-state index contributed by atoms with van der Waals surface area (Å²) in [5.74, 6) is 0. The molecule has 6 nitrogen and oxygen atoms in total. The third-order valence-electron chi connectivity index (χ3n) is 5.90. The molecular formula is C30H40N2O4. The van der Waals surface area contributed by atoms with E-state index in [1.54, 1.807) is 24.3 Å². The first kappa shape index (κ1) is 28.7. The van der Waals surface area contributed by atoms with E-state index in [4.69, 9.17) is 9.47 Å². The van der Waals surface area contributed by atoms with Crippen LogP contribution in [0.1, 0.15) is 66.2 Å². The SMILES string of the molecule is CCC/C=C/C(OC(=O)Nc1ccccc1)C(CC)(OC(=O)Nc1ccccc1)/C(=C/CCC)CC. The summed E-state index contributed by atoms with van der Waals surface area (Å²) in [6, 6.07) is 18.3. The molecule has 0 radical (unpaired) electrons. The summed E-state index contributed by atoms with van der Waals surface area (Å²) >= 11 is 0. The Balaban J connectivity index is 2.45. The number of benzene rings is 2. The highest BCUT2D eigenvalue weighted by molar-refractivity contribution is 5.86. The van der Waals surface area contributed by atoms with Crippen LogP contribution in [0.15, 0.2) is 84.5 Å². The minimum atomic E-state index is -1.17. The molecule has 2 amide bonds. The highest BCUT2D eigenvalue weighted by Crippen LogP contribution is 2.36. The molecule has 2 rings (SSSR count). The Labute approximate surface area is 215 Å². The number of carbonyl (C=O) groups excluding carboxylic acids is 2. The number of hydrogen-bond donors (Lipinski definition) is 2. The predicted molar refractivity (Wildman–Crippen MR) is 147 cm³/mol. The van der Waals surface area contributed by atoms with Gasteiger partial charge in [-0.3, -0.25) is 10.6 Å². The molecule has 2 aromatic rings. The quantitative estimate of drug-likeness (QED) is 0.275. The molecule has 194 valence electrons. The number of allylic oxidation sites excluding steroid dienone is 2. The highest BCUT2D eigenvalue weighted by Gasteiger charge is 2.45. The normalized spacial score (nSPS) is 14.1. The molecule has 2 atom stereocenters. The average molecular weight is 493 g/mol. The molecular weight excluding hydrogens is 452 g/mol. The van der Waals surface area contributed by atoms with Gasteiger partial charge < -0.3 is 9.47 Å². The van der Waals surface area contributed by atoms with E-state index in [2.05, 4.69) is 30.6 Å². The molecule has 6 heteroatoms. The fourth-order valence-electron chi connectivity index (χ4n) is 4.03. The third kappa shape index (κ3) is 8.59. The first-order valence-corrected chi connectivity index (χ1v) is 12.9. The molecule has 0 fully saturated rings. The van der Waals surface area contributed by atoms with Gasteiger partial charge in [-0.2, -0.15) is 0 Å². The fraction of sp³-hybridized carbons (Fsp3) is 0.400. The number of hydrogen-bond acceptors (Lipinski definition) is 4. The molecule has 2 N–H and O–H groups in total. The lowest BCUT2D eigenvalue weighted by atomic mass is 9.82. The minimum absolute atomic E-state index is 0.429. The van der Waals surface area contributed by atoms with E-state index in [0.29, 0.717) is 24.2 Å². The highest BCUT2D eigenvalue weighted by atomic mass is 16.6. The number of unbranched alkanes of at least 4 members (excludes halogenated alkanes) is 2. The van der Waals surface area contributed by atoms with Gasteiger partial charge in [-0.1, -0.05) is 89.1 Å². The van der Waals surface area contributed by atoms with Crippen molar-refractivity contribution in [3.63, 3.8) is 0 Å². The number of amides is 2. The molecule has 2 unspecified atom stereocenters. The van der Waals surface area contributed by atoms with Crippen molar-refractivity contribution in [3.8, 4) is 0 Å². The van der Waals surface area contributed by atoms with Crippen LogP contribution in [0.5, 0.6) is 0 Å². The minimum Gasteiger partial charge on any atom is -0.437 e. The number of carbonyl (C=O) groups is 2. The molecule has 0 spiro atoms. The van der Waals surface area contributed by atoms with Gasteiger partial charge in [0.15, 0.2) is 11.7 Å². The summed E-state index contributed by atoms with van der Waals surface area (Å²) in [6.45, 7) is 8.16. The lowest BCUT2D eigenvalue weighted by Gasteiger charge is -2.39. The van der Waals surface area contributed by atoms with Crippen molar-refractivity contribution in [2.75, 3.05) is 10.6 Å². The zero-order chi connectivity index (χ0) is 26.2. The van der Waals surface area contributed by atoms with Gasteiger partial charge in [-0.25, -0.2) is 9.59 Å². The van der Waals surface area contributed by atoms with Crippen LogP contribution in [0, 0.1) is 0 Å². The largest absolute Gasteiger partial charge is 0.437 e. The second-order valence-corrected chi connectivity index (χ2v) is 8.53. The lowest BCUT2D eigenvalue weighted by molar-refractivity contribution is -0.0395. The summed E-state index contributed by atoms with van der Waals surface area (Å²) in [6.07, 6.45) is 8.53. The predicted octanol–water partition coefficient (Wildman–Crippen LogP) is 8.49. The Kier molecular flexibility index (Phi) is 12.3. The maximum atomic E-state index is 13.2. The average Bonchev–Trinajstić information content (AvgIpc) is 2.89. The van der Waals surface area contributed by atoms with Gasteiger partial charge in [-0.15, -0.1) is 0 Å². The van der Waals surface area contributed by atoms with Gasteiger partial charge in [-0.05, 0) is 61.6 Å². The summed E-state index contributed by atoms with van der Waals surface area (Å²) in [7, 11) is 0. The summed E-state index contributed by atoms with van der Waals surface area (Å²) in [5.41, 5.74) is 1.01. The lowest BCUT2D eigenvalue weighted by Crippen LogP contribution is -2.50. The summed E-state index contributed by atoms with van der Waals surface area (Å²) in [4.78, 5) is 26.1. The maximum absolute atomic E-state index is 13.2. The van der Waals surface area contributed by atoms with Crippen LogP contribution in [0.4, 0.5) is 21.0 Å². The summed E-state index contributed by atoms with van der Waals surface area (Å²) < 4.78 is 12.2. The second-order valence-electron chi connectivity index (χ2n) is 8.53. The summed E-state index contributed by atoms with van der Waals surface area (Å²) in [5, 5.41) is 5.59. The van der Waals surface area contributed by atoms with Crippen molar-refractivity contribution in [1.29, 1.82) is 0 Å². The van der Waals surface area contributed by atoms with Crippen molar-refractivity contribution in [2.24, 2.45) is 0 Å². The molecule has 2 aromatic carbocycles. The first-order valence-electron chi connectivity index (χ1n) is 12.9. The van der Waals surface area contributed by atoms with Gasteiger partial charge in [0.25, 0.3) is 0 Å². The van der Waals surface area contributed by atoms with E-state index in [0.717, 1.165) is 31.3 Å². The number of para-hydroxylation sites is 2. The monoisotopic (exact) mass is 492 g/mol. The van der Waals surface area contributed by atoms with Crippen molar-refractivity contribution in [2.45, 2.75) is 77.9 Å². The molecule has 0 saturated heterocycles. The fourth-order valence-corrected chi connectivity index (χ4v) is 4.03. The Hall–Kier alpha value is -3.54. The zero-order valence-electron chi connectivity index (χ0n) is 22.0. The molecule has 0 aliphatic carbocycles. The maximum Gasteiger partial charge on any atom is 0.412 e. The van der Waals surface area contributed by atoms with Crippen LogP contribution in [0.2, 0.25) is 0 Å². The molecule has 0 saturated carbocycles. The van der Waals surface area contributed by atoms with Crippen LogP contribution in [-0.2, 0) is 9.47 Å². The van der Waals surface area contributed by atoms with Crippen molar-refractivity contribution in [3.05, 3.63) is 84.5 Å². The smallest absolute Gasteiger partial charge is 0.412 e. The Morgan fingerprint density at radius 1 is 0.833 bits per heavy atom. The second kappa shape index (κ2) is 15.5. The molecule has 0 aromatic heterocycles. The van der Waals surface area contributed by atoms with Crippen molar-refractivity contribution in [1.82, 2.24) is 0 Å². The zero-order valence-corrected chi connectivity index (χ0v) is 22.0. The van der Waals surface area contributed by atoms with Gasteiger partial charge in [0.05, 0.1) is 0 Å². The number of nitrogens with one attached hydrogen (secondary N) is 2. The van der Waals surface area contributed by atoms with Gasteiger partial charge in [0, 0.05) is 11.4 Å². The van der Waals surface area contributed by atoms with Crippen LogP contribution < -0.4 is 10.6 Å². The number of ether oxygens (including phenoxy) is 2. The van der Waals surface area contributed by atoms with Crippen LogP contribution >= 0.6 is 0 Å². The number of rotatable bonds is 13. The standard InChI is InChI=1S/C30H40N2O4/c1-5-9-13-23-27(35-28(33)31-25-19-14-11-15-20-25)30(8-4,24(7-3)18-10-6-2)36-29(34)32-26-21-16-12-17-22-26/h11-23,27H,5-10H2,1-4H3,(H,31,33)(H,32,34)/b23-13+,24-18+. The van der Waals surface area contributed by atoms with E-state index >= 15 is 0 Å². The van der Waals surface area contributed by atoms with Crippen LogP contribution in [0.25, 0.3) is 0 Å². The van der Waals surface area contributed by atoms with Crippen molar-refractivity contribution >= 4 is 23.6 Å². The van der Waals surface area contributed by atoms with Gasteiger partial charge >= 0.3 is 12.2 Å². The topological polar surface area (TPSA) is 76.7 Å². The molecule has 0 heterocycles. The molecule has 0 aliphatic rings. The van der Waals surface area contributed by atoms with Crippen LogP contribution in [0.3, 0.4) is 0 Å².